The van der Waals surface area contributed by atoms with Gasteiger partial charge in [-0.15, -0.1) is 0 Å². The van der Waals surface area contributed by atoms with E-state index in [2.05, 4.69) is 0 Å². The first-order chi connectivity index (χ1) is 10.9. The van der Waals surface area contributed by atoms with Crippen LogP contribution in [0, 0.1) is 5.82 Å². The first-order valence-corrected chi connectivity index (χ1v) is 8.07. The molecule has 23 heavy (non-hydrogen) atoms. The van der Waals surface area contributed by atoms with Crippen molar-refractivity contribution in [3.63, 3.8) is 0 Å². The van der Waals surface area contributed by atoms with Gasteiger partial charge in [0.25, 0.3) is 5.91 Å². The van der Waals surface area contributed by atoms with Crippen molar-refractivity contribution >= 4 is 23.4 Å². The molecular formula is C16H21ClFN3O2. The van der Waals surface area contributed by atoms with Gasteiger partial charge in [-0.2, -0.15) is 0 Å². The average Bonchev–Trinajstić information content (AvgIpc) is 2.92. The zero-order valence-electron chi connectivity index (χ0n) is 13.3. The predicted molar refractivity (Wildman–Crippen MR) is 86.8 cm³/mol. The van der Waals surface area contributed by atoms with E-state index in [1.165, 1.54) is 17.0 Å². The maximum absolute atomic E-state index is 13.6. The van der Waals surface area contributed by atoms with E-state index < -0.39 is 17.8 Å². The van der Waals surface area contributed by atoms with Crippen molar-refractivity contribution in [2.75, 3.05) is 19.6 Å². The number of nitrogens with two attached hydrogens (primary N) is 1. The second kappa shape index (κ2) is 7.27. The Labute approximate surface area is 140 Å². The summed E-state index contributed by atoms with van der Waals surface area (Å²) in [6, 6.07) is 3.02. The lowest BCUT2D eigenvalue weighted by Crippen LogP contribution is -2.47. The molecule has 0 spiro atoms. The van der Waals surface area contributed by atoms with Gasteiger partial charge in [-0.3, -0.25) is 9.59 Å². The zero-order chi connectivity index (χ0) is 17.1. The second-order valence-corrected chi connectivity index (χ2v) is 6.02. The van der Waals surface area contributed by atoms with Crippen molar-refractivity contribution in [2.24, 2.45) is 5.73 Å². The first kappa shape index (κ1) is 17.7. The number of hydrogen-bond donors (Lipinski definition) is 1. The van der Waals surface area contributed by atoms with Crippen LogP contribution < -0.4 is 5.73 Å². The smallest absolute Gasteiger partial charge is 0.254 e. The SMILES string of the molecule is CCN(CC)C(=O)[C@@H]1C[C@H](N)CN1C(=O)c1ccc(Cl)c(F)c1. The molecule has 0 aromatic heterocycles. The molecule has 1 aliphatic rings. The van der Waals surface area contributed by atoms with Crippen LogP contribution in [0.5, 0.6) is 0 Å². The van der Waals surface area contributed by atoms with Gasteiger partial charge in [0.2, 0.25) is 5.91 Å². The van der Waals surface area contributed by atoms with Gasteiger partial charge in [0, 0.05) is 31.2 Å². The summed E-state index contributed by atoms with van der Waals surface area (Å²) < 4.78 is 13.6. The minimum Gasteiger partial charge on any atom is -0.341 e. The topological polar surface area (TPSA) is 66.6 Å². The third-order valence-corrected chi connectivity index (χ3v) is 4.43. The highest BCUT2D eigenvalue weighted by Crippen LogP contribution is 2.23. The van der Waals surface area contributed by atoms with Crippen LogP contribution in [-0.4, -0.2) is 53.3 Å². The van der Waals surface area contributed by atoms with Crippen LogP contribution in [0.2, 0.25) is 5.02 Å². The summed E-state index contributed by atoms with van der Waals surface area (Å²) in [7, 11) is 0. The van der Waals surface area contributed by atoms with Crippen molar-refractivity contribution in [1.29, 1.82) is 0 Å². The van der Waals surface area contributed by atoms with E-state index in [1.807, 2.05) is 13.8 Å². The number of nitrogens with zero attached hydrogens (tertiary/aromatic N) is 2. The van der Waals surface area contributed by atoms with E-state index in [0.29, 0.717) is 19.5 Å². The molecule has 0 radical (unpaired) electrons. The lowest BCUT2D eigenvalue weighted by Gasteiger charge is -2.29. The molecule has 1 aromatic carbocycles. The molecule has 2 atom stereocenters. The Bertz CT molecular complexity index is 607. The van der Waals surface area contributed by atoms with Gasteiger partial charge in [-0.05, 0) is 38.5 Å². The molecule has 0 unspecified atom stereocenters. The molecule has 0 bridgehead atoms. The van der Waals surface area contributed by atoms with Crippen molar-refractivity contribution in [2.45, 2.75) is 32.4 Å². The van der Waals surface area contributed by atoms with Crippen LogP contribution in [0.1, 0.15) is 30.6 Å². The molecule has 7 heteroatoms. The molecule has 1 fully saturated rings. The van der Waals surface area contributed by atoms with Crippen molar-refractivity contribution in [3.05, 3.63) is 34.6 Å². The van der Waals surface area contributed by atoms with Crippen LogP contribution in [0.15, 0.2) is 18.2 Å². The number of carbonyl (C=O) groups is 2. The van der Waals surface area contributed by atoms with E-state index in [4.69, 9.17) is 17.3 Å². The van der Waals surface area contributed by atoms with Crippen molar-refractivity contribution < 1.29 is 14.0 Å². The van der Waals surface area contributed by atoms with Gasteiger partial charge in [-0.25, -0.2) is 4.39 Å². The molecule has 1 heterocycles. The molecule has 2 N–H and O–H groups in total. The maximum atomic E-state index is 13.6. The number of amides is 2. The summed E-state index contributed by atoms with van der Waals surface area (Å²) in [5, 5.41) is -0.0459. The molecule has 1 aromatic rings. The number of hydrogen-bond acceptors (Lipinski definition) is 3. The Morgan fingerprint density at radius 1 is 1.39 bits per heavy atom. The summed E-state index contributed by atoms with van der Waals surface area (Å²) >= 11 is 5.65. The van der Waals surface area contributed by atoms with Gasteiger partial charge < -0.3 is 15.5 Å². The van der Waals surface area contributed by atoms with Crippen LogP contribution in [0.25, 0.3) is 0 Å². The fourth-order valence-corrected chi connectivity index (χ4v) is 2.99. The Morgan fingerprint density at radius 2 is 2.04 bits per heavy atom. The van der Waals surface area contributed by atoms with Crippen LogP contribution in [0.4, 0.5) is 4.39 Å². The number of likely N-dealkylation sites (N-methyl/N-ethyl adjacent to an activating group) is 1. The summed E-state index contributed by atoms with van der Waals surface area (Å²) in [6.07, 6.45) is 0.414. The van der Waals surface area contributed by atoms with Gasteiger partial charge in [0.05, 0.1) is 5.02 Å². The Balaban J connectivity index is 2.26. The lowest BCUT2D eigenvalue weighted by atomic mass is 10.1. The highest BCUT2D eigenvalue weighted by atomic mass is 35.5. The molecule has 0 aliphatic carbocycles. The molecule has 0 saturated carbocycles. The standard InChI is InChI=1S/C16H21ClFN3O2/c1-3-20(4-2)16(23)14-8-11(19)9-21(14)15(22)10-5-6-12(17)13(18)7-10/h5-7,11,14H,3-4,8-9,19H2,1-2H3/t11-,14-/m0/s1. The number of rotatable bonds is 4. The Morgan fingerprint density at radius 3 is 2.61 bits per heavy atom. The van der Waals surface area contributed by atoms with Gasteiger partial charge in [0.15, 0.2) is 0 Å². The average molecular weight is 342 g/mol. The lowest BCUT2D eigenvalue weighted by molar-refractivity contribution is -0.134. The highest BCUT2D eigenvalue weighted by Gasteiger charge is 2.39. The second-order valence-electron chi connectivity index (χ2n) is 5.61. The molecular weight excluding hydrogens is 321 g/mol. The van der Waals surface area contributed by atoms with E-state index in [1.54, 1.807) is 4.90 Å². The van der Waals surface area contributed by atoms with E-state index >= 15 is 0 Å². The minimum absolute atomic E-state index is 0.0459. The number of benzene rings is 1. The molecule has 2 rings (SSSR count). The Hall–Kier alpha value is -1.66. The number of carbonyl (C=O) groups excluding carboxylic acids is 2. The zero-order valence-corrected chi connectivity index (χ0v) is 14.0. The fraction of sp³-hybridized carbons (Fsp3) is 0.500. The monoisotopic (exact) mass is 341 g/mol. The molecule has 2 amide bonds. The third kappa shape index (κ3) is 3.64. The molecule has 126 valence electrons. The van der Waals surface area contributed by atoms with Crippen molar-refractivity contribution in [1.82, 2.24) is 9.80 Å². The maximum Gasteiger partial charge on any atom is 0.254 e. The molecule has 5 nitrogen and oxygen atoms in total. The number of halogens is 2. The predicted octanol–water partition coefficient (Wildman–Crippen LogP) is 1.89. The fourth-order valence-electron chi connectivity index (χ4n) is 2.87. The van der Waals surface area contributed by atoms with Crippen LogP contribution in [0.3, 0.4) is 0 Å². The minimum atomic E-state index is -0.660. The third-order valence-electron chi connectivity index (χ3n) is 4.12. The Kier molecular flexibility index (Phi) is 5.59. The summed E-state index contributed by atoms with van der Waals surface area (Å²) in [5.74, 6) is -1.18. The van der Waals surface area contributed by atoms with Gasteiger partial charge >= 0.3 is 0 Å². The van der Waals surface area contributed by atoms with E-state index in [-0.39, 0.29) is 29.1 Å². The quantitative estimate of drug-likeness (QED) is 0.909. The van der Waals surface area contributed by atoms with E-state index in [0.717, 1.165) is 6.07 Å². The normalized spacial score (nSPS) is 20.7. The van der Waals surface area contributed by atoms with Crippen LogP contribution in [-0.2, 0) is 4.79 Å². The molecule has 1 saturated heterocycles. The van der Waals surface area contributed by atoms with Gasteiger partial charge in [0.1, 0.15) is 11.9 Å². The summed E-state index contributed by atoms with van der Waals surface area (Å²) in [5.41, 5.74) is 6.11. The summed E-state index contributed by atoms with van der Waals surface area (Å²) in [4.78, 5) is 28.4. The first-order valence-electron chi connectivity index (χ1n) is 7.69. The van der Waals surface area contributed by atoms with Crippen LogP contribution >= 0.6 is 11.6 Å². The number of likely N-dealkylation sites (tertiary alicyclic amines) is 1. The largest absolute Gasteiger partial charge is 0.341 e. The van der Waals surface area contributed by atoms with Gasteiger partial charge in [-0.1, -0.05) is 11.6 Å². The highest BCUT2D eigenvalue weighted by molar-refractivity contribution is 6.30. The summed E-state index contributed by atoms with van der Waals surface area (Å²) in [6.45, 7) is 5.19. The molecule has 1 aliphatic heterocycles. The van der Waals surface area contributed by atoms with Crippen molar-refractivity contribution in [3.8, 4) is 0 Å². The van der Waals surface area contributed by atoms with E-state index in [9.17, 15) is 14.0 Å².